The lowest BCUT2D eigenvalue weighted by atomic mass is 9.85. The Labute approximate surface area is 126 Å². The highest BCUT2D eigenvalue weighted by atomic mass is 16.1. The first kappa shape index (κ1) is 12.8. The molecule has 0 amide bonds. The van der Waals surface area contributed by atoms with Gasteiger partial charge in [-0.3, -0.25) is 9.59 Å². The quantitative estimate of drug-likeness (QED) is 0.530. The van der Waals surface area contributed by atoms with Gasteiger partial charge >= 0.3 is 0 Å². The summed E-state index contributed by atoms with van der Waals surface area (Å²) in [5, 5.41) is 0.686. The molecule has 1 heterocycles. The highest BCUT2D eigenvalue weighted by molar-refractivity contribution is 6.26. The topological polar surface area (TPSA) is 59.9 Å². The number of benzene rings is 2. The molecule has 0 spiro atoms. The summed E-state index contributed by atoms with van der Waals surface area (Å²) in [5.41, 5.74) is 3.85. The number of fused-ring (bicyclic) bond motifs is 2. The SMILES string of the molecule is CCC(=O)c1ccc2c3c(ncnc13)-c1ccccc1C2=O. The van der Waals surface area contributed by atoms with Crippen molar-refractivity contribution < 1.29 is 9.59 Å². The predicted molar refractivity (Wildman–Crippen MR) is 83.0 cm³/mol. The fraction of sp³-hybridized carbons (Fsp3) is 0.111. The number of nitrogens with zero attached hydrogens (tertiary/aromatic N) is 2. The van der Waals surface area contributed by atoms with Crippen LogP contribution in [0.25, 0.3) is 22.2 Å². The molecule has 1 aliphatic carbocycles. The number of carbonyl (C=O) groups excluding carboxylic acids is 2. The zero-order chi connectivity index (χ0) is 15.3. The summed E-state index contributed by atoms with van der Waals surface area (Å²) >= 11 is 0. The zero-order valence-electron chi connectivity index (χ0n) is 12.0. The number of carbonyl (C=O) groups is 2. The predicted octanol–water partition coefficient (Wildman–Crippen LogP) is 3.43. The molecule has 0 bridgehead atoms. The maximum Gasteiger partial charge on any atom is 0.194 e. The van der Waals surface area contributed by atoms with Crippen LogP contribution in [0.3, 0.4) is 0 Å². The number of hydrogen-bond donors (Lipinski definition) is 0. The van der Waals surface area contributed by atoms with Crippen LogP contribution in [-0.4, -0.2) is 21.5 Å². The van der Waals surface area contributed by atoms with Gasteiger partial charge in [0.15, 0.2) is 11.6 Å². The van der Waals surface area contributed by atoms with Gasteiger partial charge in [0.25, 0.3) is 0 Å². The van der Waals surface area contributed by atoms with Gasteiger partial charge in [-0.05, 0) is 12.1 Å². The first-order valence-corrected chi connectivity index (χ1v) is 7.17. The standard InChI is InChI=1S/C18H12N2O2/c1-2-14(21)12-7-8-13-15-16(19-9-20-17(12)15)10-5-3-4-6-11(10)18(13)22/h3-9H,2H2,1H3. The third kappa shape index (κ3) is 1.58. The average molecular weight is 288 g/mol. The van der Waals surface area contributed by atoms with E-state index in [9.17, 15) is 9.59 Å². The number of rotatable bonds is 2. The van der Waals surface area contributed by atoms with Crippen LogP contribution in [0.1, 0.15) is 39.6 Å². The van der Waals surface area contributed by atoms with Gasteiger partial charge in [-0.2, -0.15) is 0 Å². The van der Waals surface area contributed by atoms with Crippen LogP contribution in [0.5, 0.6) is 0 Å². The van der Waals surface area contributed by atoms with Gasteiger partial charge in [0, 0.05) is 34.1 Å². The van der Waals surface area contributed by atoms with Gasteiger partial charge in [0.2, 0.25) is 0 Å². The van der Waals surface area contributed by atoms with E-state index in [4.69, 9.17) is 0 Å². The second-order valence-corrected chi connectivity index (χ2v) is 5.26. The third-order valence-corrected chi connectivity index (χ3v) is 4.08. The minimum Gasteiger partial charge on any atom is -0.294 e. The Kier molecular flexibility index (Phi) is 2.66. The number of hydrogen-bond acceptors (Lipinski definition) is 4. The summed E-state index contributed by atoms with van der Waals surface area (Å²) in [6.45, 7) is 1.82. The van der Waals surface area contributed by atoms with Gasteiger partial charge in [-0.15, -0.1) is 0 Å². The normalized spacial score (nSPS) is 12.3. The van der Waals surface area contributed by atoms with E-state index in [1.54, 1.807) is 18.2 Å². The smallest absolute Gasteiger partial charge is 0.194 e. The van der Waals surface area contributed by atoms with Crippen molar-refractivity contribution in [1.82, 2.24) is 9.97 Å². The van der Waals surface area contributed by atoms with E-state index in [-0.39, 0.29) is 11.6 Å². The maximum atomic E-state index is 12.7. The Morgan fingerprint density at radius 2 is 1.77 bits per heavy atom. The lowest BCUT2D eigenvalue weighted by molar-refractivity contribution is 0.0987. The summed E-state index contributed by atoms with van der Waals surface area (Å²) in [6, 6.07) is 10.8. The van der Waals surface area contributed by atoms with Crippen molar-refractivity contribution in [2.24, 2.45) is 0 Å². The Balaban J connectivity index is 2.17. The molecule has 2 aromatic carbocycles. The second-order valence-electron chi connectivity index (χ2n) is 5.26. The summed E-state index contributed by atoms with van der Waals surface area (Å²) in [4.78, 5) is 33.5. The number of ketones is 2. The lowest BCUT2D eigenvalue weighted by Crippen LogP contribution is -2.13. The molecule has 0 radical (unpaired) electrons. The molecule has 0 saturated carbocycles. The first-order valence-electron chi connectivity index (χ1n) is 7.17. The number of aromatic nitrogens is 2. The Morgan fingerprint density at radius 3 is 2.55 bits per heavy atom. The summed E-state index contributed by atoms with van der Waals surface area (Å²) < 4.78 is 0. The molecule has 3 aromatic rings. The molecule has 1 aliphatic rings. The van der Waals surface area contributed by atoms with Crippen molar-refractivity contribution in [3.63, 3.8) is 0 Å². The van der Waals surface area contributed by atoms with Gasteiger partial charge < -0.3 is 0 Å². The molecule has 0 saturated heterocycles. The van der Waals surface area contributed by atoms with Gasteiger partial charge in [0.05, 0.1) is 11.2 Å². The molecule has 1 aromatic heterocycles. The van der Waals surface area contributed by atoms with Crippen LogP contribution in [0, 0.1) is 0 Å². The molecule has 0 N–H and O–H groups in total. The van der Waals surface area contributed by atoms with Crippen molar-refractivity contribution in [1.29, 1.82) is 0 Å². The Hall–Kier alpha value is -2.88. The molecule has 0 atom stereocenters. The van der Waals surface area contributed by atoms with Crippen LogP contribution < -0.4 is 0 Å². The van der Waals surface area contributed by atoms with E-state index in [0.717, 1.165) is 11.3 Å². The maximum absolute atomic E-state index is 12.7. The fourth-order valence-electron chi connectivity index (χ4n) is 3.02. The largest absolute Gasteiger partial charge is 0.294 e. The molecule has 0 aliphatic heterocycles. The van der Waals surface area contributed by atoms with Crippen LogP contribution in [0.2, 0.25) is 0 Å². The van der Waals surface area contributed by atoms with Crippen molar-refractivity contribution in [3.05, 3.63) is 59.4 Å². The highest BCUT2D eigenvalue weighted by Gasteiger charge is 2.27. The van der Waals surface area contributed by atoms with Gasteiger partial charge in [-0.25, -0.2) is 9.97 Å². The fourth-order valence-corrected chi connectivity index (χ4v) is 3.02. The van der Waals surface area contributed by atoms with E-state index in [1.165, 1.54) is 6.33 Å². The number of Topliss-reactive ketones (excluding diaryl/α,β-unsaturated/α-hetero) is 1. The molecular formula is C18H12N2O2. The molecular weight excluding hydrogens is 276 g/mol. The molecule has 22 heavy (non-hydrogen) atoms. The monoisotopic (exact) mass is 288 g/mol. The molecule has 4 nitrogen and oxygen atoms in total. The van der Waals surface area contributed by atoms with Crippen LogP contribution in [0.4, 0.5) is 0 Å². The second kappa shape index (κ2) is 4.56. The van der Waals surface area contributed by atoms with Gasteiger partial charge in [0.1, 0.15) is 6.33 Å². The van der Waals surface area contributed by atoms with Crippen molar-refractivity contribution in [3.8, 4) is 11.3 Å². The Morgan fingerprint density at radius 1 is 1.00 bits per heavy atom. The summed E-state index contributed by atoms with van der Waals surface area (Å²) in [5.74, 6) is -0.0269. The molecule has 0 fully saturated rings. The zero-order valence-corrected chi connectivity index (χ0v) is 12.0. The minimum atomic E-state index is -0.0432. The van der Waals surface area contributed by atoms with Crippen LogP contribution in [0.15, 0.2) is 42.7 Å². The molecule has 106 valence electrons. The summed E-state index contributed by atoms with van der Waals surface area (Å²) in [7, 11) is 0. The highest BCUT2D eigenvalue weighted by Crippen LogP contribution is 2.38. The van der Waals surface area contributed by atoms with Gasteiger partial charge in [-0.1, -0.05) is 31.2 Å². The van der Waals surface area contributed by atoms with E-state index in [2.05, 4.69) is 9.97 Å². The van der Waals surface area contributed by atoms with E-state index >= 15 is 0 Å². The van der Waals surface area contributed by atoms with Crippen molar-refractivity contribution >= 4 is 22.5 Å². The molecule has 4 heteroatoms. The molecule has 0 unspecified atom stereocenters. The van der Waals surface area contributed by atoms with Crippen molar-refractivity contribution in [2.45, 2.75) is 13.3 Å². The van der Waals surface area contributed by atoms with Crippen LogP contribution in [-0.2, 0) is 0 Å². The van der Waals surface area contributed by atoms with Crippen molar-refractivity contribution in [2.75, 3.05) is 0 Å². The Bertz CT molecular complexity index is 960. The van der Waals surface area contributed by atoms with E-state index in [0.29, 0.717) is 34.0 Å². The van der Waals surface area contributed by atoms with Crippen LogP contribution >= 0.6 is 0 Å². The first-order chi connectivity index (χ1) is 10.7. The lowest BCUT2D eigenvalue weighted by Gasteiger charge is -2.19. The minimum absolute atomic E-state index is 0.0162. The average Bonchev–Trinajstić information content (AvgIpc) is 2.58. The third-order valence-electron chi connectivity index (χ3n) is 4.08. The van der Waals surface area contributed by atoms with E-state index in [1.807, 2.05) is 25.1 Å². The molecule has 4 rings (SSSR count). The summed E-state index contributed by atoms with van der Waals surface area (Å²) in [6.07, 6.45) is 1.86. The van der Waals surface area contributed by atoms with E-state index < -0.39 is 0 Å².